The largest absolute Gasteiger partial charge is 0.469 e. The fourth-order valence-corrected chi connectivity index (χ4v) is 2.70. The molecule has 154 valence electrons. The third-order valence-electron chi connectivity index (χ3n) is 4.34. The van der Waals surface area contributed by atoms with Crippen LogP contribution in [0.25, 0.3) is 0 Å². The summed E-state index contributed by atoms with van der Waals surface area (Å²) in [7, 11) is 0.955. The first-order valence-corrected chi connectivity index (χ1v) is 7.11. The summed E-state index contributed by atoms with van der Waals surface area (Å²) in [6, 6.07) is 0. The van der Waals surface area contributed by atoms with E-state index in [2.05, 4.69) is 4.74 Å². The van der Waals surface area contributed by atoms with E-state index in [0.717, 1.165) is 7.11 Å². The van der Waals surface area contributed by atoms with Gasteiger partial charge in [0, 0.05) is 5.92 Å². The zero-order valence-corrected chi connectivity index (χ0v) is 13.0. The monoisotopic (exact) mass is 410 g/mol. The van der Waals surface area contributed by atoms with Gasteiger partial charge in [0.1, 0.15) is 0 Å². The highest BCUT2D eigenvalue weighted by molar-refractivity contribution is 5.72. The fraction of sp³-hybridized carbons (Fsp3) is 0.923. The number of methoxy groups -OCH3 is 1. The number of esters is 1. The van der Waals surface area contributed by atoms with Gasteiger partial charge < -0.3 is 4.74 Å². The lowest BCUT2D eigenvalue weighted by Crippen LogP contribution is -2.67. The topological polar surface area (TPSA) is 26.3 Å². The molecule has 2 nitrogen and oxygen atoms in total. The Bertz CT molecular complexity index is 519. The molecule has 0 aromatic rings. The summed E-state index contributed by atoms with van der Waals surface area (Å²) in [5, 5.41) is 0. The molecule has 0 aliphatic heterocycles. The minimum atomic E-state index is -7.39. The van der Waals surface area contributed by atoms with Crippen molar-refractivity contribution in [3.63, 3.8) is 0 Å². The molecule has 1 fully saturated rings. The number of alkyl halides is 11. The second-order valence-electron chi connectivity index (χ2n) is 5.92. The van der Waals surface area contributed by atoms with E-state index < -0.39 is 73.4 Å². The van der Waals surface area contributed by atoms with Crippen LogP contribution in [0.3, 0.4) is 0 Å². The predicted molar refractivity (Wildman–Crippen MR) is 63.3 cm³/mol. The molecular formula is C13H13F11O2. The zero-order chi connectivity index (χ0) is 20.8. The molecule has 1 aliphatic rings. The zero-order valence-electron chi connectivity index (χ0n) is 13.0. The molecule has 0 saturated heterocycles. The number of carbonyl (C=O) groups excluding carboxylic acids is 1. The van der Waals surface area contributed by atoms with E-state index >= 15 is 0 Å². The minimum absolute atomic E-state index is 0.496. The van der Waals surface area contributed by atoms with Gasteiger partial charge >= 0.3 is 35.8 Å². The Labute approximate surface area is 139 Å². The Morgan fingerprint density at radius 1 is 0.731 bits per heavy atom. The van der Waals surface area contributed by atoms with Crippen molar-refractivity contribution in [3.05, 3.63) is 0 Å². The van der Waals surface area contributed by atoms with Crippen LogP contribution in [-0.4, -0.2) is 42.9 Å². The van der Waals surface area contributed by atoms with Gasteiger partial charge in [-0.05, 0) is 25.7 Å². The van der Waals surface area contributed by atoms with E-state index in [1.807, 2.05) is 0 Å². The van der Waals surface area contributed by atoms with Crippen LogP contribution in [0.2, 0.25) is 0 Å². The maximum absolute atomic E-state index is 13.9. The van der Waals surface area contributed by atoms with Gasteiger partial charge in [-0.15, -0.1) is 0 Å². The summed E-state index contributed by atoms with van der Waals surface area (Å²) in [6.07, 6.45) is -10.1. The second kappa shape index (κ2) is 6.70. The third kappa shape index (κ3) is 3.32. The van der Waals surface area contributed by atoms with Crippen molar-refractivity contribution >= 4 is 5.97 Å². The second-order valence-corrected chi connectivity index (χ2v) is 5.92. The van der Waals surface area contributed by atoms with E-state index in [9.17, 15) is 53.1 Å². The van der Waals surface area contributed by atoms with Crippen LogP contribution in [0, 0.1) is 11.8 Å². The van der Waals surface area contributed by atoms with Crippen LogP contribution in [-0.2, 0) is 9.53 Å². The van der Waals surface area contributed by atoms with E-state index in [1.165, 1.54) is 0 Å². The molecule has 0 aromatic heterocycles. The van der Waals surface area contributed by atoms with Gasteiger partial charge in [0.2, 0.25) is 0 Å². The van der Waals surface area contributed by atoms with Crippen molar-refractivity contribution in [3.8, 4) is 0 Å². The Morgan fingerprint density at radius 3 is 1.50 bits per heavy atom. The van der Waals surface area contributed by atoms with E-state index in [1.54, 1.807) is 0 Å². The summed E-state index contributed by atoms with van der Waals surface area (Å²) in [4.78, 5) is 11.2. The van der Waals surface area contributed by atoms with Gasteiger partial charge in [-0.25, -0.2) is 0 Å². The lowest BCUT2D eigenvalue weighted by atomic mass is 9.76. The minimum Gasteiger partial charge on any atom is -0.469 e. The van der Waals surface area contributed by atoms with Crippen molar-refractivity contribution in [2.75, 3.05) is 7.11 Å². The summed E-state index contributed by atoms with van der Waals surface area (Å²) in [6.45, 7) is 0. The van der Waals surface area contributed by atoms with Crippen LogP contribution in [0.1, 0.15) is 25.7 Å². The van der Waals surface area contributed by atoms with Gasteiger partial charge in [-0.2, -0.15) is 48.3 Å². The van der Waals surface area contributed by atoms with Crippen LogP contribution >= 0.6 is 0 Å². The molecule has 1 rings (SSSR count). The van der Waals surface area contributed by atoms with Crippen molar-refractivity contribution < 1.29 is 57.8 Å². The predicted octanol–water partition coefficient (Wildman–Crippen LogP) is 5.07. The summed E-state index contributed by atoms with van der Waals surface area (Å²) >= 11 is 0. The SMILES string of the molecule is COC(=O)C1CCC(C(F)(F)C(F)(F)C(F)(F)C(F)(F)C(F)(F)F)CC1. The van der Waals surface area contributed by atoms with Crippen LogP contribution in [0.15, 0.2) is 0 Å². The van der Waals surface area contributed by atoms with E-state index in [-0.39, 0.29) is 0 Å². The molecule has 0 bridgehead atoms. The highest BCUT2D eigenvalue weighted by atomic mass is 19.4. The van der Waals surface area contributed by atoms with Gasteiger partial charge in [0.25, 0.3) is 0 Å². The Kier molecular flexibility index (Phi) is 5.86. The maximum Gasteiger partial charge on any atom is 0.460 e. The number of rotatable bonds is 5. The number of hydrogen-bond donors (Lipinski definition) is 0. The molecule has 0 heterocycles. The molecule has 1 aliphatic carbocycles. The Morgan fingerprint density at radius 2 is 1.15 bits per heavy atom. The first-order chi connectivity index (χ1) is 11.4. The number of halogens is 11. The molecule has 0 aromatic carbocycles. The molecule has 0 unspecified atom stereocenters. The van der Waals surface area contributed by atoms with Crippen LogP contribution in [0.5, 0.6) is 0 Å². The average molecular weight is 410 g/mol. The van der Waals surface area contributed by atoms with Crippen LogP contribution in [0.4, 0.5) is 48.3 Å². The average Bonchev–Trinajstić information content (AvgIpc) is 2.52. The molecule has 26 heavy (non-hydrogen) atoms. The first kappa shape index (κ1) is 22.7. The van der Waals surface area contributed by atoms with Crippen molar-refractivity contribution in [2.45, 2.75) is 55.5 Å². The molecule has 0 radical (unpaired) electrons. The summed E-state index contributed by atoms with van der Waals surface area (Å²) in [5.41, 5.74) is 0. The molecule has 0 N–H and O–H groups in total. The molecule has 0 spiro atoms. The molecule has 13 heteroatoms. The fourth-order valence-electron chi connectivity index (χ4n) is 2.70. The maximum atomic E-state index is 13.9. The third-order valence-corrected chi connectivity index (χ3v) is 4.34. The smallest absolute Gasteiger partial charge is 0.460 e. The number of hydrogen-bond acceptors (Lipinski definition) is 2. The van der Waals surface area contributed by atoms with E-state index in [0.29, 0.717) is 0 Å². The molecular weight excluding hydrogens is 397 g/mol. The first-order valence-electron chi connectivity index (χ1n) is 7.11. The lowest BCUT2D eigenvalue weighted by Gasteiger charge is -2.41. The standard InChI is InChI=1S/C13H13F11O2/c1-26-8(25)6-2-4-7(5-3-6)9(14,15)10(16,17)11(18,19)12(20,21)13(22,23)24/h6-7H,2-5H2,1H3. The summed E-state index contributed by atoms with van der Waals surface area (Å²) < 4.78 is 147. The number of ether oxygens (including phenoxy) is 1. The van der Waals surface area contributed by atoms with Gasteiger partial charge in [0.05, 0.1) is 13.0 Å². The highest BCUT2D eigenvalue weighted by Gasteiger charge is 2.87. The highest BCUT2D eigenvalue weighted by Crippen LogP contribution is 2.60. The van der Waals surface area contributed by atoms with Crippen molar-refractivity contribution in [2.24, 2.45) is 11.8 Å². The van der Waals surface area contributed by atoms with Crippen molar-refractivity contribution in [1.82, 2.24) is 0 Å². The molecule has 0 amide bonds. The molecule has 0 atom stereocenters. The molecule has 1 saturated carbocycles. The van der Waals surface area contributed by atoms with Gasteiger partial charge in [-0.1, -0.05) is 0 Å². The van der Waals surface area contributed by atoms with Crippen molar-refractivity contribution in [1.29, 1.82) is 0 Å². The lowest BCUT2D eigenvalue weighted by molar-refractivity contribution is -0.427. The van der Waals surface area contributed by atoms with Gasteiger partial charge in [0.15, 0.2) is 0 Å². The summed E-state index contributed by atoms with van der Waals surface area (Å²) in [5.74, 6) is -32.1. The Hall–Kier alpha value is -1.30. The van der Waals surface area contributed by atoms with E-state index in [4.69, 9.17) is 0 Å². The quantitative estimate of drug-likeness (QED) is 0.468. The van der Waals surface area contributed by atoms with Gasteiger partial charge in [-0.3, -0.25) is 4.79 Å². The number of carbonyl (C=O) groups is 1. The Balaban J connectivity index is 3.12. The normalized spacial score (nSPS) is 23.7. The van der Waals surface area contributed by atoms with Crippen LogP contribution < -0.4 is 0 Å².